The molecule has 2 heterocycles. The number of azide groups is 3. The van der Waals surface area contributed by atoms with Gasteiger partial charge in [0.1, 0.15) is 24.8 Å². The Morgan fingerprint density at radius 2 is 1.92 bits per heavy atom. The number of carbonyl (C=O) groups is 2. The van der Waals surface area contributed by atoms with E-state index in [1.807, 2.05) is 0 Å². The molecule has 3 rings (SSSR count). The first-order chi connectivity index (χ1) is 18.0. The van der Waals surface area contributed by atoms with Gasteiger partial charge in [0.05, 0.1) is 30.1 Å². The summed E-state index contributed by atoms with van der Waals surface area (Å²) in [5.41, 5.74) is 26.6. The van der Waals surface area contributed by atoms with Gasteiger partial charge in [-0.05, 0) is 46.9 Å². The maximum Gasteiger partial charge on any atom is 0.338 e. The fraction of sp³-hybridized carbons (Fsp3) is 0.368. The molecule has 1 amide bonds. The van der Waals surface area contributed by atoms with E-state index in [4.69, 9.17) is 31.9 Å². The third-order valence-electron chi connectivity index (χ3n) is 5.21. The van der Waals surface area contributed by atoms with Crippen LogP contribution in [0.4, 0.5) is 5.69 Å². The number of hydrogen-bond acceptors (Lipinski definition) is 11. The van der Waals surface area contributed by atoms with Crippen molar-refractivity contribution in [1.29, 1.82) is 0 Å². The maximum atomic E-state index is 12.7. The quantitative estimate of drug-likeness (QED) is 0.0708. The molecule has 2 atom stereocenters. The van der Waals surface area contributed by atoms with E-state index < -0.39 is 24.9 Å². The minimum Gasteiger partial charge on any atom is -0.456 e. The molecule has 0 bridgehead atoms. The zero-order valence-corrected chi connectivity index (χ0v) is 19.3. The van der Waals surface area contributed by atoms with Gasteiger partial charge in [0.15, 0.2) is 6.73 Å². The van der Waals surface area contributed by atoms with Gasteiger partial charge in [-0.2, -0.15) is 0 Å². The zero-order chi connectivity index (χ0) is 26.6. The second-order valence-corrected chi connectivity index (χ2v) is 7.34. The van der Waals surface area contributed by atoms with Gasteiger partial charge in [0.25, 0.3) is 0 Å². The number of ether oxygens (including phenoxy) is 2. The number of anilines is 1. The fourth-order valence-electron chi connectivity index (χ4n) is 3.55. The maximum absolute atomic E-state index is 12.7. The van der Waals surface area contributed by atoms with Crippen LogP contribution in [0.5, 0.6) is 0 Å². The molecule has 18 nitrogen and oxygen atoms in total. The molecule has 0 saturated carbocycles. The Bertz CT molecular complexity index is 1230. The number of nitrogens with one attached hydrogen (secondary N) is 2. The number of hydrogen-bond donors (Lipinski definition) is 3. The van der Waals surface area contributed by atoms with E-state index in [1.165, 1.54) is 17.1 Å². The summed E-state index contributed by atoms with van der Waals surface area (Å²) in [5, 5.41) is 17.4. The van der Waals surface area contributed by atoms with E-state index in [-0.39, 0.29) is 37.9 Å². The monoisotopic (exact) mass is 510 g/mol. The summed E-state index contributed by atoms with van der Waals surface area (Å²) in [6, 6.07) is 5.48. The standard InChI is InChI=1S/C19H22N14O4/c20-29-24-9-15-18(34)27-14-4-5-16(28-17(14)32(15)6-7-36-10-25-30-21)33(23)13-3-1-2-12(8-13)19(35)37-11-26-31-22/h1-5,8,15-16,28H,6-7,9-11,23H2,(H,27,34). The first-order valence-electron chi connectivity index (χ1n) is 10.7. The van der Waals surface area contributed by atoms with Crippen molar-refractivity contribution >= 4 is 17.6 Å². The Balaban J connectivity index is 1.79. The van der Waals surface area contributed by atoms with Gasteiger partial charge >= 0.3 is 5.97 Å². The van der Waals surface area contributed by atoms with Crippen molar-refractivity contribution in [3.8, 4) is 0 Å². The highest BCUT2D eigenvalue weighted by molar-refractivity contribution is 5.90. The molecule has 0 saturated heterocycles. The first kappa shape index (κ1) is 26.5. The van der Waals surface area contributed by atoms with Crippen LogP contribution in [0, 0.1) is 0 Å². The second kappa shape index (κ2) is 13.1. The average Bonchev–Trinajstić information content (AvgIpc) is 2.91. The number of allylic oxidation sites excluding steroid dienone is 1. The predicted molar refractivity (Wildman–Crippen MR) is 128 cm³/mol. The predicted octanol–water partition coefficient (Wildman–Crippen LogP) is 1.84. The minimum absolute atomic E-state index is 0.109. The van der Waals surface area contributed by atoms with Crippen LogP contribution < -0.4 is 21.5 Å². The Kier molecular flexibility index (Phi) is 9.38. The third-order valence-corrected chi connectivity index (χ3v) is 5.21. The molecule has 0 radical (unpaired) electrons. The van der Waals surface area contributed by atoms with Crippen molar-refractivity contribution in [2.24, 2.45) is 21.2 Å². The van der Waals surface area contributed by atoms with Gasteiger partial charge in [-0.15, -0.1) is 0 Å². The zero-order valence-electron chi connectivity index (χ0n) is 19.3. The molecule has 0 fully saturated rings. The van der Waals surface area contributed by atoms with Crippen LogP contribution in [0.15, 0.2) is 63.3 Å². The van der Waals surface area contributed by atoms with Gasteiger partial charge in [0.2, 0.25) is 5.91 Å². The van der Waals surface area contributed by atoms with Crippen LogP contribution in [0.25, 0.3) is 31.3 Å². The summed E-state index contributed by atoms with van der Waals surface area (Å²) in [4.78, 5) is 34.4. The lowest BCUT2D eigenvalue weighted by molar-refractivity contribution is -0.126. The summed E-state index contributed by atoms with van der Waals surface area (Å²) in [6.45, 7) is -0.460. The van der Waals surface area contributed by atoms with Gasteiger partial charge in [-0.25, -0.2) is 10.6 Å². The number of nitrogens with two attached hydrogens (primary N) is 1. The van der Waals surface area contributed by atoms with Gasteiger partial charge < -0.3 is 25.0 Å². The Labute approximate surface area is 209 Å². The van der Waals surface area contributed by atoms with E-state index in [1.54, 1.807) is 29.2 Å². The van der Waals surface area contributed by atoms with Crippen molar-refractivity contribution < 1.29 is 19.1 Å². The number of amides is 1. The molecule has 0 aliphatic carbocycles. The summed E-state index contributed by atoms with van der Waals surface area (Å²) in [5.74, 6) is 5.79. The summed E-state index contributed by atoms with van der Waals surface area (Å²) in [7, 11) is 0. The largest absolute Gasteiger partial charge is 0.456 e. The van der Waals surface area contributed by atoms with Gasteiger partial charge in [0, 0.05) is 21.3 Å². The highest BCUT2D eigenvalue weighted by Crippen LogP contribution is 2.24. The minimum atomic E-state index is -0.835. The van der Waals surface area contributed by atoms with E-state index in [9.17, 15) is 9.59 Å². The molecule has 2 aliphatic heterocycles. The lowest BCUT2D eigenvalue weighted by Gasteiger charge is -2.43. The van der Waals surface area contributed by atoms with Crippen molar-refractivity contribution in [2.75, 3.05) is 38.2 Å². The molecule has 0 spiro atoms. The van der Waals surface area contributed by atoms with Crippen LogP contribution in [0.2, 0.25) is 0 Å². The number of benzene rings is 1. The van der Waals surface area contributed by atoms with Crippen LogP contribution in [0.1, 0.15) is 10.4 Å². The van der Waals surface area contributed by atoms with Crippen molar-refractivity contribution in [3.05, 3.63) is 84.8 Å². The second-order valence-electron chi connectivity index (χ2n) is 7.34. The van der Waals surface area contributed by atoms with Gasteiger partial charge in [-0.1, -0.05) is 21.4 Å². The molecule has 0 aromatic heterocycles. The highest BCUT2D eigenvalue weighted by Gasteiger charge is 2.36. The van der Waals surface area contributed by atoms with E-state index in [0.29, 0.717) is 17.2 Å². The molecule has 18 heteroatoms. The number of dihydropyridines is 1. The number of hydrazine groups is 1. The Hall–Kier alpha value is -5.11. The summed E-state index contributed by atoms with van der Waals surface area (Å²) >= 11 is 0. The van der Waals surface area contributed by atoms with E-state index >= 15 is 0 Å². The van der Waals surface area contributed by atoms with Crippen LogP contribution >= 0.6 is 0 Å². The van der Waals surface area contributed by atoms with E-state index in [0.717, 1.165) is 0 Å². The van der Waals surface area contributed by atoms with Crippen LogP contribution in [0.3, 0.4) is 0 Å². The molecule has 2 unspecified atom stereocenters. The van der Waals surface area contributed by atoms with Gasteiger partial charge in [-0.3, -0.25) is 9.80 Å². The molecule has 192 valence electrons. The third kappa shape index (κ3) is 6.73. The topological polar surface area (TPSA) is 255 Å². The number of rotatable bonds is 12. The number of esters is 1. The Morgan fingerprint density at radius 3 is 2.68 bits per heavy atom. The molecule has 2 aliphatic rings. The Morgan fingerprint density at radius 1 is 1.16 bits per heavy atom. The lowest BCUT2D eigenvalue weighted by atomic mass is 10.1. The smallest absolute Gasteiger partial charge is 0.338 e. The summed E-state index contributed by atoms with van der Waals surface area (Å²) in [6.07, 6.45) is 2.76. The molecular weight excluding hydrogens is 488 g/mol. The lowest BCUT2D eigenvalue weighted by Crippen LogP contribution is -2.60. The van der Waals surface area contributed by atoms with Crippen LogP contribution in [-0.4, -0.2) is 62.1 Å². The molecule has 37 heavy (non-hydrogen) atoms. The van der Waals surface area contributed by atoms with Crippen molar-refractivity contribution in [2.45, 2.75) is 12.2 Å². The fourth-order valence-corrected chi connectivity index (χ4v) is 3.55. The number of carbonyl (C=O) groups excluding carboxylic acids is 2. The molecule has 1 aromatic carbocycles. The number of nitrogens with zero attached hydrogens (tertiary/aromatic N) is 11. The van der Waals surface area contributed by atoms with Crippen molar-refractivity contribution in [1.82, 2.24) is 15.5 Å². The molecule has 4 N–H and O–H groups in total. The SMILES string of the molecule is [N-]=[N+]=NCOCCN1C2=C(C=CC(N(N)c3cccc(C(=O)OCN=[N+]=[N-])c3)N2)NC(=O)C1CN=[N+]=[N-]. The molecular formula is C19H22N14O4. The molecule has 1 aromatic rings. The highest BCUT2D eigenvalue weighted by atomic mass is 16.5. The first-order valence-corrected chi connectivity index (χ1v) is 10.7. The normalized spacial score (nSPS) is 17.8. The van der Waals surface area contributed by atoms with Crippen molar-refractivity contribution in [3.63, 3.8) is 0 Å². The van der Waals surface area contributed by atoms with E-state index in [2.05, 4.69) is 40.7 Å². The van der Waals surface area contributed by atoms with Crippen LogP contribution in [-0.2, 0) is 14.3 Å². The summed E-state index contributed by atoms with van der Waals surface area (Å²) < 4.78 is 10.2. The average molecular weight is 510 g/mol.